The second kappa shape index (κ2) is 8.47. The molecule has 0 bridgehead atoms. The summed E-state index contributed by atoms with van der Waals surface area (Å²) >= 11 is 11.3. The third-order valence-corrected chi connectivity index (χ3v) is 4.64. The van der Waals surface area contributed by atoms with Crippen molar-refractivity contribution in [2.75, 3.05) is 18.9 Å². The van der Waals surface area contributed by atoms with E-state index in [4.69, 9.17) is 28.2 Å². The van der Waals surface area contributed by atoms with Crippen LogP contribution in [0.1, 0.15) is 5.56 Å². The summed E-state index contributed by atoms with van der Waals surface area (Å²) in [6, 6.07) is 14.9. The second-order valence-electron chi connectivity index (χ2n) is 6.31. The number of likely N-dealkylation sites (N-methyl/N-ethyl adjacent to an activating group) is 1. The summed E-state index contributed by atoms with van der Waals surface area (Å²) in [6.07, 6.45) is 0. The highest BCUT2D eigenvalue weighted by Gasteiger charge is 2.16. The number of anilines is 1. The molecule has 0 aliphatic rings. The normalized spacial score (nSPS) is 12.0. The van der Waals surface area contributed by atoms with E-state index >= 15 is 0 Å². The van der Waals surface area contributed by atoms with Gasteiger partial charge in [-0.1, -0.05) is 41.9 Å². The SMILES string of the molecule is Cc1ccccc1-c1nn(C[NH+](C)CC(=O)Nc2ccccc2Cl)c(=S)o1. The maximum atomic E-state index is 12.3. The summed E-state index contributed by atoms with van der Waals surface area (Å²) in [5, 5.41) is 7.77. The van der Waals surface area contributed by atoms with Crippen molar-refractivity contribution in [2.45, 2.75) is 13.6 Å². The molecule has 1 amide bonds. The molecule has 8 heteroatoms. The average molecular weight is 404 g/mol. The molecule has 0 radical (unpaired) electrons. The standard InChI is InChI=1S/C19H19ClN4O2S/c1-13-7-3-4-8-14(13)18-22-24(19(27)26-18)12-23(2)11-17(25)21-16-10-6-5-9-15(16)20/h3-10H,11-12H2,1-2H3,(H,21,25)/p+1. The minimum Gasteiger partial charge on any atom is -0.409 e. The van der Waals surface area contributed by atoms with E-state index in [1.807, 2.05) is 50.4 Å². The van der Waals surface area contributed by atoms with Gasteiger partial charge in [0.1, 0.15) is 0 Å². The van der Waals surface area contributed by atoms with Gasteiger partial charge in [-0.05, 0) is 42.9 Å². The molecule has 1 heterocycles. The third kappa shape index (κ3) is 4.82. The molecule has 0 spiro atoms. The highest BCUT2D eigenvalue weighted by Crippen LogP contribution is 2.21. The van der Waals surface area contributed by atoms with E-state index < -0.39 is 0 Å². The van der Waals surface area contributed by atoms with Crippen molar-refractivity contribution in [1.82, 2.24) is 9.78 Å². The van der Waals surface area contributed by atoms with Crippen LogP contribution in [0.15, 0.2) is 52.9 Å². The number of hydrogen-bond donors (Lipinski definition) is 2. The summed E-state index contributed by atoms with van der Waals surface area (Å²) in [6.45, 7) is 2.63. The van der Waals surface area contributed by atoms with E-state index in [2.05, 4.69) is 10.4 Å². The number of nitrogens with zero attached hydrogens (tertiary/aromatic N) is 2. The molecule has 2 N–H and O–H groups in total. The van der Waals surface area contributed by atoms with Gasteiger partial charge in [0.05, 0.1) is 17.8 Å². The molecule has 0 saturated carbocycles. The minimum atomic E-state index is -0.144. The van der Waals surface area contributed by atoms with Gasteiger partial charge < -0.3 is 14.6 Å². The quantitative estimate of drug-likeness (QED) is 0.621. The predicted molar refractivity (Wildman–Crippen MR) is 107 cm³/mol. The fourth-order valence-corrected chi connectivity index (χ4v) is 3.04. The number of aryl methyl sites for hydroxylation is 1. The number of carbonyl (C=O) groups excluding carboxylic acids is 1. The van der Waals surface area contributed by atoms with Crippen molar-refractivity contribution in [1.29, 1.82) is 0 Å². The van der Waals surface area contributed by atoms with Crippen LogP contribution < -0.4 is 10.2 Å². The highest BCUT2D eigenvalue weighted by atomic mass is 35.5. The molecule has 1 unspecified atom stereocenters. The minimum absolute atomic E-state index is 0.144. The molecule has 1 atom stereocenters. The molecule has 2 aromatic carbocycles. The van der Waals surface area contributed by atoms with Crippen molar-refractivity contribution < 1.29 is 14.1 Å². The summed E-state index contributed by atoms with van der Waals surface area (Å²) in [4.78, 5) is 13.4. The van der Waals surface area contributed by atoms with Gasteiger partial charge in [-0.15, -0.1) is 5.10 Å². The Kier molecular flexibility index (Phi) is 6.05. The Morgan fingerprint density at radius 2 is 1.96 bits per heavy atom. The van der Waals surface area contributed by atoms with E-state index in [-0.39, 0.29) is 17.3 Å². The Bertz CT molecular complexity index is 1010. The highest BCUT2D eigenvalue weighted by molar-refractivity contribution is 7.71. The molecule has 140 valence electrons. The lowest BCUT2D eigenvalue weighted by Crippen LogP contribution is -3.09. The third-order valence-electron chi connectivity index (χ3n) is 4.01. The number of nitrogens with one attached hydrogen (secondary N) is 2. The van der Waals surface area contributed by atoms with Gasteiger partial charge in [-0.2, -0.15) is 4.68 Å². The zero-order valence-corrected chi connectivity index (χ0v) is 16.6. The Hall–Kier alpha value is -2.48. The second-order valence-corrected chi connectivity index (χ2v) is 7.06. The van der Waals surface area contributed by atoms with Crippen LogP contribution in [0.4, 0.5) is 5.69 Å². The lowest BCUT2D eigenvalue weighted by Gasteiger charge is -2.13. The Balaban J connectivity index is 1.65. The number of para-hydroxylation sites is 1. The van der Waals surface area contributed by atoms with Crippen LogP contribution in [-0.2, 0) is 11.5 Å². The van der Waals surface area contributed by atoms with Crippen LogP contribution in [0.5, 0.6) is 0 Å². The van der Waals surface area contributed by atoms with Crippen LogP contribution in [0.25, 0.3) is 11.5 Å². The molecule has 0 aliphatic carbocycles. The van der Waals surface area contributed by atoms with Crippen LogP contribution in [0.3, 0.4) is 0 Å². The molecular weight excluding hydrogens is 384 g/mol. The van der Waals surface area contributed by atoms with Crippen molar-refractivity contribution >= 4 is 35.4 Å². The first-order chi connectivity index (χ1) is 12.9. The number of rotatable bonds is 6. The monoisotopic (exact) mass is 403 g/mol. The number of hydrogen-bond acceptors (Lipinski definition) is 4. The van der Waals surface area contributed by atoms with Gasteiger partial charge in [0.2, 0.25) is 5.89 Å². The topological polar surface area (TPSA) is 64.5 Å². The van der Waals surface area contributed by atoms with Crippen molar-refractivity contribution in [3.05, 3.63) is 64.0 Å². The first kappa shape index (κ1) is 19.3. The number of aromatic nitrogens is 2. The summed E-state index contributed by atoms with van der Waals surface area (Å²) in [5.41, 5.74) is 2.55. The number of halogens is 1. The smallest absolute Gasteiger partial charge is 0.292 e. The van der Waals surface area contributed by atoms with Crippen molar-refractivity contribution in [3.8, 4) is 11.5 Å². The Morgan fingerprint density at radius 1 is 1.26 bits per heavy atom. The van der Waals surface area contributed by atoms with Gasteiger partial charge in [-0.3, -0.25) is 4.79 Å². The molecule has 27 heavy (non-hydrogen) atoms. The van der Waals surface area contributed by atoms with Gasteiger partial charge >= 0.3 is 0 Å². The van der Waals surface area contributed by atoms with Crippen molar-refractivity contribution in [2.24, 2.45) is 0 Å². The van der Waals surface area contributed by atoms with Gasteiger partial charge in [0.25, 0.3) is 10.7 Å². The number of amides is 1. The number of carbonyl (C=O) groups is 1. The van der Waals surface area contributed by atoms with E-state index in [1.54, 1.807) is 16.8 Å². The maximum Gasteiger partial charge on any atom is 0.292 e. The molecule has 3 rings (SSSR count). The van der Waals surface area contributed by atoms with Crippen LogP contribution >= 0.6 is 23.8 Å². The molecule has 0 fully saturated rings. The van der Waals surface area contributed by atoms with E-state index in [9.17, 15) is 4.79 Å². The van der Waals surface area contributed by atoms with E-state index in [1.165, 1.54) is 0 Å². The Morgan fingerprint density at radius 3 is 2.70 bits per heavy atom. The molecule has 0 aliphatic heterocycles. The van der Waals surface area contributed by atoms with Gasteiger partial charge in [0.15, 0.2) is 13.2 Å². The zero-order valence-electron chi connectivity index (χ0n) is 15.0. The fourth-order valence-electron chi connectivity index (χ4n) is 2.67. The average Bonchev–Trinajstić information content (AvgIpc) is 2.97. The Labute approximate surface area is 167 Å². The summed E-state index contributed by atoms with van der Waals surface area (Å²) in [5.74, 6) is 0.334. The predicted octanol–water partition coefficient (Wildman–Crippen LogP) is 2.95. The zero-order chi connectivity index (χ0) is 19.4. The molecule has 6 nitrogen and oxygen atoms in total. The molecule has 1 aromatic heterocycles. The van der Waals surface area contributed by atoms with E-state index in [0.717, 1.165) is 16.0 Å². The van der Waals surface area contributed by atoms with Crippen molar-refractivity contribution in [3.63, 3.8) is 0 Å². The number of benzene rings is 2. The molecular formula is C19H20ClN4O2S+. The summed E-state index contributed by atoms with van der Waals surface area (Å²) < 4.78 is 7.23. The van der Waals surface area contributed by atoms with Gasteiger partial charge in [-0.25, -0.2) is 0 Å². The van der Waals surface area contributed by atoms with Crippen LogP contribution in [0.2, 0.25) is 5.02 Å². The first-order valence-electron chi connectivity index (χ1n) is 8.43. The van der Waals surface area contributed by atoms with Gasteiger partial charge in [0, 0.05) is 5.56 Å². The largest absolute Gasteiger partial charge is 0.409 e. The maximum absolute atomic E-state index is 12.3. The fraction of sp³-hybridized carbons (Fsp3) is 0.211. The summed E-state index contributed by atoms with van der Waals surface area (Å²) in [7, 11) is 1.88. The lowest BCUT2D eigenvalue weighted by molar-refractivity contribution is -0.895. The lowest BCUT2D eigenvalue weighted by atomic mass is 10.1. The molecule has 0 saturated heterocycles. The van der Waals surface area contributed by atoms with E-state index in [0.29, 0.717) is 23.3 Å². The van der Waals surface area contributed by atoms with Crippen LogP contribution in [-0.4, -0.2) is 29.3 Å². The first-order valence-corrected chi connectivity index (χ1v) is 9.22. The molecule has 3 aromatic rings. The number of quaternary nitrogens is 1. The van der Waals surface area contributed by atoms with Crippen LogP contribution in [0, 0.1) is 11.8 Å².